The Morgan fingerprint density at radius 3 is 2.39 bits per heavy atom. The molecule has 0 unspecified atom stereocenters. The molecule has 5 nitrogen and oxygen atoms in total. The third-order valence-electron chi connectivity index (χ3n) is 5.07. The van der Waals surface area contributed by atoms with Gasteiger partial charge < -0.3 is 9.72 Å². The normalized spacial score (nSPS) is 12.2. The summed E-state index contributed by atoms with van der Waals surface area (Å²) in [5, 5.41) is 4.96. The first-order valence-electron chi connectivity index (χ1n) is 10.5. The molecule has 1 aromatic heterocycles. The number of benzene rings is 2. The highest BCUT2D eigenvalue weighted by molar-refractivity contribution is 5.97. The lowest BCUT2D eigenvalue weighted by molar-refractivity contribution is -0.123. The van der Waals surface area contributed by atoms with E-state index in [-0.39, 0.29) is 23.3 Å². The van der Waals surface area contributed by atoms with Crippen molar-refractivity contribution in [3.05, 3.63) is 64.8 Å². The minimum absolute atomic E-state index is 0.110. The zero-order valence-corrected chi connectivity index (χ0v) is 19.4. The van der Waals surface area contributed by atoms with Crippen molar-refractivity contribution >= 4 is 23.0 Å². The van der Waals surface area contributed by atoms with Gasteiger partial charge in [-0.2, -0.15) is 5.10 Å². The van der Waals surface area contributed by atoms with Crippen LogP contribution in [0, 0.1) is 19.2 Å². The number of fused-ring (bicyclic) bond motifs is 1. The number of nitrogens with one attached hydrogen (secondary N) is 2. The van der Waals surface area contributed by atoms with Gasteiger partial charge in [0.25, 0.3) is 5.91 Å². The Hall–Kier alpha value is -3.26. The van der Waals surface area contributed by atoms with Crippen molar-refractivity contribution in [3.8, 4) is 5.75 Å². The van der Waals surface area contributed by atoms with Crippen LogP contribution in [-0.2, 0) is 15.6 Å². The number of hydrogen-bond donors (Lipinski definition) is 2. The van der Waals surface area contributed by atoms with Gasteiger partial charge in [-0.1, -0.05) is 71.4 Å². The van der Waals surface area contributed by atoms with Gasteiger partial charge in [-0.05, 0) is 29.9 Å². The van der Waals surface area contributed by atoms with E-state index in [0.29, 0.717) is 0 Å². The van der Waals surface area contributed by atoms with Crippen LogP contribution in [0.4, 0.5) is 0 Å². The molecule has 31 heavy (non-hydrogen) atoms. The second-order valence-electron chi connectivity index (χ2n) is 9.92. The predicted molar refractivity (Wildman–Crippen MR) is 126 cm³/mol. The molecule has 0 saturated heterocycles. The number of carbonyl (C=O) groups is 1. The number of aryl methyl sites for hydroxylation is 1. The maximum absolute atomic E-state index is 12.4. The lowest BCUT2D eigenvalue weighted by Crippen LogP contribution is -2.27. The lowest BCUT2D eigenvalue weighted by atomic mass is 9.78. The summed E-state index contributed by atoms with van der Waals surface area (Å²) in [5.74, 6) is 0.472. The van der Waals surface area contributed by atoms with Gasteiger partial charge in [-0.15, -0.1) is 0 Å². The monoisotopic (exact) mass is 417 g/mol. The summed E-state index contributed by atoms with van der Waals surface area (Å²) < 4.78 is 6.10. The molecule has 0 atom stereocenters. The minimum Gasteiger partial charge on any atom is -0.483 e. The number of H-pyrrole nitrogens is 1. The van der Waals surface area contributed by atoms with Crippen molar-refractivity contribution < 1.29 is 9.53 Å². The average Bonchev–Trinajstić information content (AvgIpc) is 3.14. The van der Waals surface area contributed by atoms with Crippen LogP contribution in [0.2, 0.25) is 0 Å². The van der Waals surface area contributed by atoms with E-state index in [9.17, 15) is 4.79 Å². The molecule has 0 saturated carbocycles. The molecule has 1 heterocycles. The van der Waals surface area contributed by atoms with E-state index in [0.717, 1.165) is 33.3 Å². The summed E-state index contributed by atoms with van der Waals surface area (Å²) in [4.78, 5) is 15.4. The fraction of sp³-hybridized carbons (Fsp3) is 0.385. The van der Waals surface area contributed by atoms with Crippen molar-refractivity contribution in [1.29, 1.82) is 0 Å². The van der Waals surface area contributed by atoms with Crippen molar-refractivity contribution in [2.24, 2.45) is 5.10 Å². The maximum Gasteiger partial charge on any atom is 0.277 e. The Bertz CT molecular complexity index is 1080. The van der Waals surface area contributed by atoms with Gasteiger partial charge in [-0.25, -0.2) is 5.43 Å². The third kappa shape index (κ3) is 5.27. The fourth-order valence-electron chi connectivity index (χ4n) is 3.47. The average molecular weight is 418 g/mol. The van der Waals surface area contributed by atoms with Gasteiger partial charge in [0.15, 0.2) is 6.61 Å². The molecule has 0 spiro atoms. The topological polar surface area (TPSA) is 66.5 Å². The van der Waals surface area contributed by atoms with Crippen LogP contribution in [0.1, 0.15) is 63.8 Å². The highest BCUT2D eigenvalue weighted by Gasteiger charge is 2.27. The molecular formula is C26H31N3O2. The van der Waals surface area contributed by atoms with E-state index < -0.39 is 0 Å². The minimum atomic E-state index is -0.312. The van der Waals surface area contributed by atoms with Gasteiger partial charge in [0.2, 0.25) is 0 Å². The molecule has 3 rings (SSSR count). The first kappa shape index (κ1) is 22.4. The van der Waals surface area contributed by atoms with Gasteiger partial charge >= 0.3 is 0 Å². The third-order valence-corrected chi connectivity index (χ3v) is 5.07. The molecule has 0 aliphatic carbocycles. The summed E-state index contributed by atoms with van der Waals surface area (Å²) in [6, 6.07) is 13.1. The molecule has 0 aliphatic rings. The molecule has 0 radical (unpaired) electrons. The first-order chi connectivity index (χ1) is 14.5. The molecule has 0 bridgehead atoms. The summed E-state index contributed by atoms with van der Waals surface area (Å²) in [6.07, 6.45) is 4.44. The molecule has 162 valence electrons. The van der Waals surface area contributed by atoms with Gasteiger partial charge in [0.1, 0.15) is 5.75 Å². The smallest absolute Gasteiger partial charge is 0.277 e. The summed E-state index contributed by atoms with van der Waals surface area (Å²) >= 11 is 0. The number of hydrazone groups is 1. The highest BCUT2D eigenvalue weighted by Crippen LogP contribution is 2.40. The number of amides is 1. The van der Waals surface area contributed by atoms with Crippen LogP contribution < -0.4 is 10.2 Å². The lowest BCUT2D eigenvalue weighted by Gasteiger charge is -2.30. The Kier molecular flexibility index (Phi) is 6.13. The molecule has 2 aromatic carbocycles. The van der Waals surface area contributed by atoms with Crippen LogP contribution in [0.5, 0.6) is 5.75 Å². The van der Waals surface area contributed by atoms with Gasteiger partial charge in [-0.3, -0.25) is 4.79 Å². The van der Waals surface area contributed by atoms with E-state index in [2.05, 4.69) is 88.4 Å². The predicted octanol–water partition coefficient (Wildman–Crippen LogP) is 5.20. The Balaban J connectivity index is 1.76. The number of carbonyl (C=O) groups excluding carboxylic acids is 1. The number of ether oxygens (including phenoxy) is 1. The fourth-order valence-corrected chi connectivity index (χ4v) is 3.47. The van der Waals surface area contributed by atoms with Crippen LogP contribution in [0.25, 0.3) is 10.9 Å². The zero-order valence-electron chi connectivity index (χ0n) is 19.4. The highest BCUT2D eigenvalue weighted by atomic mass is 16.5. The quantitative estimate of drug-likeness (QED) is 0.443. The standard InChI is InChI=1S/C26H31N3O2/c1-17-13-20(25(2,3)4)24(21(14-17)26(5,6)7)31-16-23(30)29-28-15-18-9-8-10-22-19(18)11-12-27-22/h8-10,13-15,27H,16H2,1-7H3,(H,29,30)/b28-15+. The molecule has 3 aromatic rings. The van der Waals surface area contributed by atoms with Gasteiger partial charge in [0, 0.05) is 22.9 Å². The van der Waals surface area contributed by atoms with Crippen molar-refractivity contribution in [3.63, 3.8) is 0 Å². The van der Waals surface area contributed by atoms with E-state index in [1.54, 1.807) is 6.21 Å². The maximum atomic E-state index is 12.4. The number of rotatable bonds is 5. The molecule has 2 N–H and O–H groups in total. The van der Waals surface area contributed by atoms with Gasteiger partial charge in [0.05, 0.1) is 17.1 Å². The number of aromatic amines is 1. The Morgan fingerprint density at radius 1 is 1.13 bits per heavy atom. The first-order valence-corrected chi connectivity index (χ1v) is 10.5. The largest absolute Gasteiger partial charge is 0.483 e. The molecular weight excluding hydrogens is 386 g/mol. The number of nitrogens with zero attached hydrogens (tertiary/aromatic N) is 1. The van der Waals surface area contributed by atoms with Crippen LogP contribution in [0.3, 0.4) is 0 Å². The van der Waals surface area contributed by atoms with Crippen LogP contribution in [-0.4, -0.2) is 23.7 Å². The van der Waals surface area contributed by atoms with Crippen molar-refractivity contribution in [1.82, 2.24) is 10.4 Å². The Morgan fingerprint density at radius 2 is 1.77 bits per heavy atom. The van der Waals surface area contributed by atoms with E-state index >= 15 is 0 Å². The van der Waals surface area contributed by atoms with Crippen LogP contribution in [0.15, 0.2) is 35.4 Å². The van der Waals surface area contributed by atoms with Crippen LogP contribution >= 0.6 is 0 Å². The SMILES string of the molecule is Cc1cc(C(C)(C)C)c(OCC(=O)N/N=C/c2cccc3[nH]c#cc23)c(C(C)(C)C)c1. The van der Waals surface area contributed by atoms with E-state index in [4.69, 9.17) is 4.74 Å². The molecule has 1 amide bonds. The summed E-state index contributed by atoms with van der Waals surface area (Å²) in [5.41, 5.74) is 7.48. The Labute approximate surface area is 184 Å². The van der Waals surface area contributed by atoms with E-state index in [1.165, 1.54) is 5.56 Å². The molecule has 5 heteroatoms. The number of hydrogen-bond acceptors (Lipinski definition) is 3. The molecule has 0 fully saturated rings. The summed E-state index contributed by atoms with van der Waals surface area (Å²) in [7, 11) is 0. The van der Waals surface area contributed by atoms with Crippen molar-refractivity contribution in [2.75, 3.05) is 6.61 Å². The number of aromatic nitrogens is 1. The second kappa shape index (κ2) is 8.47. The molecule has 0 aliphatic heterocycles. The summed E-state index contributed by atoms with van der Waals surface area (Å²) in [6.45, 7) is 14.9. The van der Waals surface area contributed by atoms with E-state index in [1.807, 2.05) is 18.2 Å². The zero-order chi connectivity index (χ0) is 22.8. The van der Waals surface area contributed by atoms with Crippen molar-refractivity contribution in [2.45, 2.75) is 59.3 Å². The second-order valence-corrected chi connectivity index (χ2v) is 9.92.